The minimum Gasteiger partial charge on any atom is -0.321 e. The van der Waals surface area contributed by atoms with Crippen LogP contribution in [0.2, 0.25) is 0 Å². The van der Waals surface area contributed by atoms with E-state index in [1.54, 1.807) is 42.6 Å². The lowest BCUT2D eigenvalue weighted by molar-refractivity contribution is 0.102. The second-order valence-corrected chi connectivity index (χ2v) is 3.40. The van der Waals surface area contributed by atoms with E-state index in [1.807, 2.05) is 0 Å². The first-order chi connectivity index (χ1) is 8.81. The van der Waals surface area contributed by atoms with Crippen LogP contribution >= 0.6 is 0 Å². The van der Waals surface area contributed by atoms with E-state index in [0.717, 1.165) is 0 Å². The molecule has 1 aromatic heterocycles. The number of benzene rings is 1. The van der Waals surface area contributed by atoms with Crippen LogP contribution in [0.1, 0.15) is 10.4 Å². The van der Waals surface area contributed by atoms with E-state index in [2.05, 4.69) is 20.3 Å². The maximum absolute atomic E-state index is 12.0. The van der Waals surface area contributed by atoms with E-state index in [-0.39, 0.29) is 5.91 Å². The summed E-state index contributed by atoms with van der Waals surface area (Å²) in [6.07, 6.45) is 3.15. The second-order valence-electron chi connectivity index (χ2n) is 3.40. The van der Waals surface area contributed by atoms with Crippen molar-refractivity contribution in [2.45, 2.75) is 0 Å². The Balaban J connectivity index is 2.27. The highest BCUT2D eigenvalue weighted by Crippen LogP contribution is 2.20. The molecule has 1 aromatic carbocycles. The van der Waals surface area contributed by atoms with E-state index in [1.165, 1.54) is 6.20 Å². The third-order valence-electron chi connectivity index (χ3n) is 2.22. The van der Waals surface area contributed by atoms with Crippen LogP contribution < -0.4 is 5.32 Å². The zero-order valence-corrected chi connectivity index (χ0v) is 9.32. The van der Waals surface area contributed by atoms with E-state index >= 15 is 0 Å². The van der Waals surface area contributed by atoms with Crippen molar-refractivity contribution in [3.8, 4) is 0 Å². The number of anilines is 1. The summed E-state index contributed by atoms with van der Waals surface area (Å²) >= 11 is 0. The molecule has 88 valence electrons. The van der Waals surface area contributed by atoms with Gasteiger partial charge in [-0.3, -0.25) is 9.78 Å². The fourth-order valence-corrected chi connectivity index (χ4v) is 1.44. The number of amides is 1. The number of aromatic nitrogens is 1. The van der Waals surface area contributed by atoms with Gasteiger partial charge in [-0.15, -0.1) is 0 Å². The summed E-state index contributed by atoms with van der Waals surface area (Å²) in [6, 6.07) is 10.0. The summed E-state index contributed by atoms with van der Waals surface area (Å²) in [5.41, 5.74) is 9.63. The Hall–Kier alpha value is -2.85. The SMILES string of the molecule is [N-]=[N+]=Nc1ccccc1C(=O)Nc1cccnc1. The maximum Gasteiger partial charge on any atom is 0.256 e. The first-order valence-corrected chi connectivity index (χ1v) is 5.17. The van der Waals surface area contributed by atoms with Crippen LogP contribution in [0.15, 0.2) is 53.9 Å². The van der Waals surface area contributed by atoms with Gasteiger partial charge in [-0.1, -0.05) is 23.3 Å². The van der Waals surface area contributed by atoms with Crippen LogP contribution in [0.3, 0.4) is 0 Å². The van der Waals surface area contributed by atoms with Gasteiger partial charge in [0.15, 0.2) is 0 Å². The minimum atomic E-state index is -0.342. The first kappa shape index (κ1) is 11.6. The lowest BCUT2D eigenvalue weighted by Gasteiger charge is -2.06. The molecule has 0 fully saturated rings. The molecule has 0 aliphatic heterocycles. The van der Waals surface area contributed by atoms with Gasteiger partial charge in [0, 0.05) is 16.7 Å². The highest BCUT2D eigenvalue weighted by molar-refractivity contribution is 6.07. The highest BCUT2D eigenvalue weighted by atomic mass is 16.1. The molecule has 2 aromatic rings. The molecule has 1 heterocycles. The summed E-state index contributed by atoms with van der Waals surface area (Å²) in [6.45, 7) is 0. The van der Waals surface area contributed by atoms with Gasteiger partial charge in [0.1, 0.15) is 0 Å². The van der Waals surface area contributed by atoms with Crippen molar-refractivity contribution < 1.29 is 4.79 Å². The predicted octanol–water partition coefficient (Wildman–Crippen LogP) is 3.28. The number of rotatable bonds is 3. The predicted molar refractivity (Wildman–Crippen MR) is 67.4 cm³/mol. The molecule has 0 saturated carbocycles. The lowest BCUT2D eigenvalue weighted by Crippen LogP contribution is -2.11. The van der Waals surface area contributed by atoms with E-state index in [4.69, 9.17) is 5.53 Å². The van der Waals surface area contributed by atoms with Gasteiger partial charge in [0.05, 0.1) is 17.6 Å². The molecule has 6 nitrogen and oxygen atoms in total. The molecule has 0 spiro atoms. The van der Waals surface area contributed by atoms with Crippen LogP contribution in [-0.4, -0.2) is 10.9 Å². The lowest BCUT2D eigenvalue weighted by atomic mass is 10.1. The molecule has 0 aliphatic carbocycles. The largest absolute Gasteiger partial charge is 0.321 e. The van der Waals surface area contributed by atoms with E-state index in [0.29, 0.717) is 16.9 Å². The molecule has 0 radical (unpaired) electrons. The normalized spacial score (nSPS) is 9.33. The van der Waals surface area contributed by atoms with Crippen LogP contribution in [0.5, 0.6) is 0 Å². The van der Waals surface area contributed by atoms with Crippen molar-refractivity contribution in [1.29, 1.82) is 0 Å². The number of carbonyl (C=O) groups excluding carboxylic acids is 1. The maximum atomic E-state index is 12.0. The molecule has 0 bridgehead atoms. The van der Waals surface area contributed by atoms with Gasteiger partial charge in [-0.25, -0.2) is 0 Å². The van der Waals surface area contributed by atoms with Crippen LogP contribution in [-0.2, 0) is 0 Å². The first-order valence-electron chi connectivity index (χ1n) is 5.17. The van der Waals surface area contributed by atoms with Crippen LogP contribution in [0.4, 0.5) is 11.4 Å². The van der Waals surface area contributed by atoms with Crippen molar-refractivity contribution >= 4 is 17.3 Å². The van der Waals surface area contributed by atoms with Crippen LogP contribution in [0, 0.1) is 0 Å². The summed E-state index contributed by atoms with van der Waals surface area (Å²) in [7, 11) is 0. The molecule has 1 N–H and O–H groups in total. The van der Waals surface area contributed by atoms with Gasteiger partial charge in [-0.2, -0.15) is 0 Å². The third-order valence-corrected chi connectivity index (χ3v) is 2.22. The Labute approximate surface area is 103 Å². The molecule has 0 saturated heterocycles. The Morgan fingerprint density at radius 2 is 2.11 bits per heavy atom. The van der Waals surface area contributed by atoms with Crippen molar-refractivity contribution in [3.63, 3.8) is 0 Å². The van der Waals surface area contributed by atoms with Crippen molar-refractivity contribution in [2.24, 2.45) is 5.11 Å². The highest BCUT2D eigenvalue weighted by Gasteiger charge is 2.09. The number of carbonyl (C=O) groups is 1. The Kier molecular flexibility index (Phi) is 3.53. The number of hydrogen-bond donors (Lipinski definition) is 1. The standard InChI is InChI=1S/C12H9N5O/c13-17-16-11-6-2-1-5-10(11)12(18)15-9-4-3-7-14-8-9/h1-8H,(H,15,18). The van der Waals surface area contributed by atoms with Gasteiger partial charge >= 0.3 is 0 Å². The summed E-state index contributed by atoms with van der Waals surface area (Å²) < 4.78 is 0. The van der Waals surface area contributed by atoms with Crippen molar-refractivity contribution in [3.05, 3.63) is 64.8 Å². The quantitative estimate of drug-likeness (QED) is 0.505. The number of pyridine rings is 1. The molecule has 1 amide bonds. The Morgan fingerprint density at radius 1 is 1.28 bits per heavy atom. The number of nitrogens with one attached hydrogen (secondary N) is 1. The number of nitrogens with zero attached hydrogens (tertiary/aromatic N) is 4. The average Bonchev–Trinajstić information content (AvgIpc) is 2.41. The summed E-state index contributed by atoms with van der Waals surface area (Å²) in [5, 5.41) is 6.15. The number of hydrogen-bond acceptors (Lipinski definition) is 3. The van der Waals surface area contributed by atoms with Gasteiger partial charge in [-0.05, 0) is 23.7 Å². The molecule has 0 aliphatic rings. The monoisotopic (exact) mass is 239 g/mol. The fraction of sp³-hybridized carbons (Fsp3) is 0. The summed E-state index contributed by atoms with van der Waals surface area (Å²) in [4.78, 5) is 18.6. The van der Waals surface area contributed by atoms with Gasteiger partial charge in [0.25, 0.3) is 5.91 Å². The molecular formula is C12H9N5O. The molecule has 0 atom stereocenters. The van der Waals surface area contributed by atoms with E-state index < -0.39 is 0 Å². The van der Waals surface area contributed by atoms with Gasteiger partial charge in [0.2, 0.25) is 0 Å². The molecule has 18 heavy (non-hydrogen) atoms. The van der Waals surface area contributed by atoms with Crippen LogP contribution in [0.25, 0.3) is 10.4 Å². The van der Waals surface area contributed by atoms with Crippen molar-refractivity contribution in [1.82, 2.24) is 4.98 Å². The number of azide groups is 1. The minimum absolute atomic E-state index is 0.293. The smallest absolute Gasteiger partial charge is 0.256 e. The third kappa shape index (κ3) is 2.63. The molecular weight excluding hydrogens is 230 g/mol. The van der Waals surface area contributed by atoms with E-state index in [9.17, 15) is 4.79 Å². The topological polar surface area (TPSA) is 90.8 Å². The molecule has 2 rings (SSSR count). The zero-order valence-electron chi connectivity index (χ0n) is 9.32. The Morgan fingerprint density at radius 3 is 2.83 bits per heavy atom. The van der Waals surface area contributed by atoms with Crippen molar-refractivity contribution in [2.75, 3.05) is 5.32 Å². The molecule has 0 unspecified atom stereocenters. The zero-order chi connectivity index (χ0) is 12.8. The fourth-order valence-electron chi connectivity index (χ4n) is 1.44. The summed E-state index contributed by atoms with van der Waals surface area (Å²) in [5.74, 6) is -0.342. The Bertz CT molecular complexity index is 605. The average molecular weight is 239 g/mol. The van der Waals surface area contributed by atoms with Gasteiger partial charge < -0.3 is 5.32 Å². The molecule has 6 heteroatoms. The second kappa shape index (κ2) is 5.47.